The quantitative estimate of drug-likeness (QED) is 0.680. The summed E-state index contributed by atoms with van der Waals surface area (Å²) in [6.07, 6.45) is 2.11. The Bertz CT molecular complexity index is 610. The van der Waals surface area contributed by atoms with E-state index < -0.39 is 11.7 Å². The number of para-hydroxylation sites is 1. The van der Waals surface area contributed by atoms with Crippen molar-refractivity contribution in [2.75, 3.05) is 25.2 Å². The van der Waals surface area contributed by atoms with Crippen LogP contribution >= 0.6 is 0 Å². The van der Waals surface area contributed by atoms with Gasteiger partial charge in [0, 0.05) is 6.04 Å². The van der Waals surface area contributed by atoms with Gasteiger partial charge in [-0.05, 0) is 25.0 Å². The van der Waals surface area contributed by atoms with Crippen molar-refractivity contribution in [2.45, 2.75) is 18.9 Å². The normalized spacial score (nSPS) is 18.6. The van der Waals surface area contributed by atoms with Crippen LogP contribution in [0.2, 0.25) is 0 Å². The van der Waals surface area contributed by atoms with E-state index in [-0.39, 0.29) is 12.5 Å². The van der Waals surface area contributed by atoms with Crippen LogP contribution < -0.4 is 15.1 Å². The minimum absolute atomic E-state index is 0.0127. The van der Waals surface area contributed by atoms with Gasteiger partial charge in [0.2, 0.25) is 0 Å². The van der Waals surface area contributed by atoms with Gasteiger partial charge in [0.25, 0.3) is 11.7 Å². The van der Waals surface area contributed by atoms with Gasteiger partial charge in [-0.25, -0.2) is 0 Å². The second kappa shape index (κ2) is 5.29. The van der Waals surface area contributed by atoms with Crippen LogP contribution in [-0.2, 0) is 9.59 Å². The van der Waals surface area contributed by atoms with Crippen LogP contribution in [0.1, 0.15) is 23.2 Å². The lowest BCUT2D eigenvalue weighted by Gasteiger charge is -2.21. The number of amides is 2. The molecule has 1 aromatic carbocycles. The van der Waals surface area contributed by atoms with Crippen LogP contribution in [0.15, 0.2) is 24.3 Å². The third-order valence-electron chi connectivity index (χ3n) is 3.71. The monoisotopic (exact) mass is 288 g/mol. The van der Waals surface area contributed by atoms with Crippen molar-refractivity contribution in [1.29, 1.82) is 0 Å². The molecular weight excluding hydrogens is 270 g/mol. The fraction of sp³-hybridized carbons (Fsp3) is 0.400. The number of anilines is 1. The predicted molar refractivity (Wildman–Crippen MR) is 76.0 cm³/mol. The van der Waals surface area contributed by atoms with Gasteiger partial charge in [0.05, 0.1) is 18.3 Å². The number of rotatable bonds is 5. The maximum Gasteiger partial charge on any atom is 0.303 e. The molecule has 1 aromatic rings. The van der Waals surface area contributed by atoms with E-state index in [1.807, 2.05) is 7.05 Å². The zero-order valence-corrected chi connectivity index (χ0v) is 11.9. The average Bonchev–Trinajstić information content (AvgIpc) is 3.23. The van der Waals surface area contributed by atoms with Crippen LogP contribution in [0.25, 0.3) is 0 Å². The van der Waals surface area contributed by atoms with Crippen LogP contribution in [0, 0.1) is 0 Å². The van der Waals surface area contributed by atoms with E-state index in [9.17, 15) is 14.4 Å². The van der Waals surface area contributed by atoms with E-state index in [1.54, 1.807) is 24.3 Å². The Kier molecular flexibility index (Phi) is 3.47. The van der Waals surface area contributed by atoms with E-state index in [1.165, 1.54) is 4.90 Å². The third-order valence-corrected chi connectivity index (χ3v) is 3.71. The Balaban J connectivity index is 1.65. The van der Waals surface area contributed by atoms with Crippen molar-refractivity contribution in [3.05, 3.63) is 29.8 Å². The summed E-state index contributed by atoms with van der Waals surface area (Å²) < 4.78 is 0. The maximum atomic E-state index is 12.0. The van der Waals surface area contributed by atoms with E-state index in [4.69, 9.17) is 0 Å². The summed E-state index contributed by atoms with van der Waals surface area (Å²) in [5.41, 5.74) is 1.08. The molecule has 1 fully saturated rings. The molecule has 2 N–H and O–H groups in total. The highest BCUT2D eigenvalue weighted by atomic mass is 16.2. The first kappa shape index (κ1) is 13.8. The largest absolute Gasteiger partial charge is 0.348 e. The van der Waals surface area contributed by atoms with Gasteiger partial charge in [-0.15, -0.1) is 0 Å². The van der Waals surface area contributed by atoms with Crippen molar-refractivity contribution in [3.8, 4) is 0 Å². The second-order valence-electron chi connectivity index (χ2n) is 5.71. The van der Waals surface area contributed by atoms with Crippen molar-refractivity contribution >= 4 is 23.3 Å². The number of ketones is 1. The fourth-order valence-electron chi connectivity index (χ4n) is 2.51. The highest BCUT2D eigenvalue weighted by molar-refractivity contribution is 6.52. The van der Waals surface area contributed by atoms with Gasteiger partial charge in [0.1, 0.15) is 0 Å². The molecule has 0 spiro atoms. The summed E-state index contributed by atoms with van der Waals surface area (Å²) in [4.78, 5) is 38.0. The van der Waals surface area contributed by atoms with Crippen LogP contribution in [0.3, 0.4) is 0 Å². The summed E-state index contributed by atoms with van der Waals surface area (Å²) in [5, 5.41) is 2.92. The zero-order valence-electron chi connectivity index (χ0n) is 11.9. The Morgan fingerprint density at radius 2 is 2.05 bits per heavy atom. The molecule has 1 saturated carbocycles. The molecule has 2 amide bonds. The fourth-order valence-corrected chi connectivity index (χ4v) is 2.51. The first-order valence-corrected chi connectivity index (χ1v) is 7.12. The van der Waals surface area contributed by atoms with E-state index in [2.05, 4.69) is 5.32 Å². The zero-order chi connectivity index (χ0) is 15.0. The molecule has 0 bridgehead atoms. The molecule has 0 radical (unpaired) electrons. The molecule has 1 aliphatic heterocycles. The Morgan fingerprint density at radius 1 is 1.33 bits per heavy atom. The van der Waals surface area contributed by atoms with Gasteiger partial charge >= 0.3 is 5.91 Å². The number of hydrogen-bond donors (Lipinski definition) is 2. The average molecular weight is 288 g/mol. The molecule has 110 valence electrons. The van der Waals surface area contributed by atoms with E-state index >= 15 is 0 Å². The highest BCUT2D eigenvalue weighted by Crippen LogP contribution is 2.27. The summed E-state index contributed by atoms with van der Waals surface area (Å²) >= 11 is 0. The topological polar surface area (TPSA) is 70.9 Å². The summed E-state index contributed by atoms with van der Waals surface area (Å²) in [6, 6.07) is 7.29. The van der Waals surface area contributed by atoms with Crippen molar-refractivity contribution in [2.24, 2.45) is 0 Å². The van der Waals surface area contributed by atoms with Gasteiger partial charge in [-0.2, -0.15) is 0 Å². The number of nitrogens with one attached hydrogen (secondary N) is 2. The van der Waals surface area contributed by atoms with Crippen molar-refractivity contribution in [3.63, 3.8) is 0 Å². The Hall–Kier alpha value is -2.21. The number of Topliss-reactive ketones (excluding diaryl/α,β-unsaturated/α-hetero) is 1. The molecule has 6 heteroatoms. The standard InChI is InChI=1S/C15H17N3O3/c1-17(8-13(19)16-10-6-7-10)9-18-12-5-3-2-4-11(12)14(20)15(18)21/h2-5,10H,6-9H2,1H3,(H,16,19)/p+1. The molecule has 6 nitrogen and oxygen atoms in total. The molecule has 1 atom stereocenters. The van der Waals surface area contributed by atoms with E-state index in [0.29, 0.717) is 24.0 Å². The first-order valence-electron chi connectivity index (χ1n) is 7.12. The molecule has 1 unspecified atom stereocenters. The van der Waals surface area contributed by atoms with Crippen LogP contribution in [0.5, 0.6) is 0 Å². The molecule has 3 rings (SSSR count). The highest BCUT2D eigenvalue weighted by Gasteiger charge is 2.37. The minimum Gasteiger partial charge on any atom is -0.348 e. The predicted octanol–water partition coefficient (Wildman–Crippen LogP) is -1.03. The lowest BCUT2D eigenvalue weighted by Crippen LogP contribution is -3.12. The van der Waals surface area contributed by atoms with Gasteiger partial charge in [0.15, 0.2) is 13.2 Å². The molecule has 2 aliphatic rings. The second-order valence-corrected chi connectivity index (χ2v) is 5.71. The molecule has 1 aliphatic carbocycles. The Morgan fingerprint density at radius 3 is 2.76 bits per heavy atom. The molecule has 1 heterocycles. The summed E-state index contributed by atoms with van der Waals surface area (Å²) in [6.45, 7) is 0.594. The molecule has 0 aromatic heterocycles. The molecule has 21 heavy (non-hydrogen) atoms. The maximum absolute atomic E-state index is 12.0. The number of benzene rings is 1. The van der Waals surface area contributed by atoms with Gasteiger partial charge in [-0.3, -0.25) is 19.3 Å². The van der Waals surface area contributed by atoms with Gasteiger partial charge < -0.3 is 10.2 Å². The Labute approximate surface area is 122 Å². The van der Waals surface area contributed by atoms with E-state index in [0.717, 1.165) is 17.7 Å². The molecular formula is C15H18N3O3+. The van der Waals surface area contributed by atoms with Crippen molar-refractivity contribution in [1.82, 2.24) is 5.32 Å². The lowest BCUT2D eigenvalue weighted by molar-refractivity contribution is -0.869. The van der Waals surface area contributed by atoms with Crippen LogP contribution in [0.4, 0.5) is 5.69 Å². The number of nitrogens with zero attached hydrogens (tertiary/aromatic N) is 1. The number of hydrogen-bond acceptors (Lipinski definition) is 3. The minimum atomic E-state index is -0.516. The summed E-state index contributed by atoms with van der Waals surface area (Å²) in [7, 11) is 1.84. The van der Waals surface area contributed by atoms with Gasteiger partial charge in [-0.1, -0.05) is 12.1 Å². The first-order chi connectivity index (χ1) is 10.1. The number of quaternary nitrogens is 1. The van der Waals surface area contributed by atoms with Crippen LogP contribution in [-0.4, -0.2) is 43.9 Å². The number of likely N-dealkylation sites (N-methyl/N-ethyl adjacent to an activating group) is 1. The number of carbonyl (C=O) groups excluding carboxylic acids is 3. The third kappa shape index (κ3) is 2.80. The summed E-state index contributed by atoms with van der Waals surface area (Å²) in [5.74, 6) is -1.000. The number of carbonyl (C=O) groups is 3. The SMILES string of the molecule is C[NH+](CC(=O)NC1CC1)CN1C(=O)C(=O)c2ccccc21. The smallest absolute Gasteiger partial charge is 0.303 e. The van der Waals surface area contributed by atoms with Crippen molar-refractivity contribution < 1.29 is 19.3 Å². The number of fused-ring (bicyclic) bond motifs is 1. The molecule has 0 saturated heterocycles. The lowest BCUT2D eigenvalue weighted by atomic mass is 10.1.